The summed E-state index contributed by atoms with van der Waals surface area (Å²) in [6, 6.07) is 8.56. The van der Waals surface area contributed by atoms with Crippen molar-refractivity contribution in [2.75, 3.05) is 13.7 Å². The summed E-state index contributed by atoms with van der Waals surface area (Å²) in [6.07, 6.45) is 0.958. The van der Waals surface area contributed by atoms with Crippen LogP contribution in [0, 0.1) is 0 Å². The van der Waals surface area contributed by atoms with Crippen LogP contribution in [0.1, 0.15) is 31.1 Å². The van der Waals surface area contributed by atoms with Crippen molar-refractivity contribution in [3.8, 4) is 5.75 Å². The number of hydrogen-bond donors (Lipinski definition) is 1. The average Bonchev–Trinajstić information content (AvgIpc) is 3.01. The van der Waals surface area contributed by atoms with Gasteiger partial charge in [-0.1, -0.05) is 24.2 Å². The van der Waals surface area contributed by atoms with Crippen LogP contribution in [0.3, 0.4) is 0 Å². The van der Waals surface area contributed by atoms with E-state index in [9.17, 15) is 0 Å². The third kappa shape index (κ3) is 5.49. The smallest absolute Gasteiger partial charge is 0.240 e. The molecular formula is C16H25ClN4O2. The van der Waals surface area contributed by atoms with E-state index in [2.05, 4.69) is 41.0 Å². The number of aromatic nitrogens is 2. The highest BCUT2D eigenvalue weighted by molar-refractivity contribution is 5.85. The van der Waals surface area contributed by atoms with Gasteiger partial charge in [-0.2, -0.15) is 4.98 Å². The molecular weight excluding hydrogens is 316 g/mol. The summed E-state index contributed by atoms with van der Waals surface area (Å²) in [5.74, 6) is 2.04. The van der Waals surface area contributed by atoms with Gasteiger partial charge in [-0.3, -0.25) is 4.90 Å². The van der Waals surface area contributed by atoms with Gasteiger partial charge in [-0.25, -0.2) is 0 Å². The normalized spacial score (nSPS) is 12.0. The Kier molecular flexibility index (Phi) is 8.02. The SMILES string of the molecule is CCN(Cc1noc(CN)n1)C(C)Cc1ccc(OC)cc1.Cl. The molecule has 0 fully saturated rings. The molecule has 128 valence electrons. The van der Waals surface area contributed by atoms with Crippen LogP contribution >= 0.6 is 12.4 Å². The zero-order chi connectivity index (χ0) is 15.9. The molecule has 2 N–H and O–H groups in total. The van der Waals surface area contributed by atoms with E-state index in [1.807, 2.05) is 12.1 Å². The van der Waals surface area contributed by atoms with Gasteiger partial charge < -0.3 is 15.0 Å². The second-order valence-electron chi connectivity index (χ2n) is 5.27. The summed E-state index contributed by atoms with van der Waals surface area (Å²) in [5, 5.41) is 3.96. The lowest BCUT2D eigenvalue weighted by Crippen LogP contribution is -2.34. The van der Waals surface area contributed by atoms with Crippen molar-refractivity contribution in [2.24, 2.45) is 5.73 Å². The van der Waals surface area contributed by atoms with Gasteiger partial charge in [0.2, 0.25) is 5.89 Å². The van der Waals surface area contributed by atoms with E-state index in [-0.39, 0.29) is 19.0 Å². The number of benzene rings is 1. The highest BCUT2D eigenvalue weighted by Gasteiger charge is 2.16. The maximum Gasteiger partial charge on any atom is 0.240 e. The Morgan fingerprint density at radius 3 is 2.52 bits per heavy atom. The highest BCUT2D eigenvalue weighted by Crippen LogP contribution is 2.15. The molecule has 0 amide bonds. The molecule has 0 spiro atoms. The van der Waals surface area contributed by atoms with Gasteiger partial charge in [0, 0.05) is 6.04 Å². The maximum absolute atomic E-state index is 5.49. The number of rotatable bonds is 8. The van der Waals surface area contributed by atoms with Gasteiger partial charge in [-0.05, 0) is 37.6 Å². The van der Waals surface area contributed by atoms with E-state index in [1.54, 1.807) is 7.11 Å². The molecule has 2 rings (SSSR count). The lowest BCUT2D eigenvalue weighted by molar-refractivity contribution is 0.201. The lowest BCUT2D eigenvalue weighted by Gasteiger charge is -2.26. The predicted octanol–water partition coefficient (Wildman–Crippen LogP) is 2.41. The van der Waals surface area contributed by atoms with Gasteiger partial charge in [0.05, 0.1) is 20.2 Å². The first-order chi connectivity index (χ1) is 10.7. The summed E-state index contributed by atoms with van der Waals surface area (Å²) in [6.45, 7) is 6.20. The minimum absolute atomic E-state index is 0. The molecule has 0 aliphatic rings. The first-order valence-electron chi connectivity index (χ1n) is 7.54. The highest BCUT2D eigenvalue weighted by atomic mass is 35.5. The zero-order valence-electron chi connectivity index (χ0n) is 13.9. The summed E-state index contributed by atoms with van der Waals surface area (Å²) in [7, 11) is 1.68. The number of likely N-dealkylation sites (N-methyl/N-ethyl adjacent to an activating group) is 1. The predicted molar refractivity (Wildman–Crippen MR) is 91.7 cm³/mol. The molecule has 6 nitrogen and oxygen atoms in total. The molecule has 0 saturated carbocycles. The van der Waals surface area contributed by atoms with Crippen molar-refractivity contribution < 1.29 is 9.26 Å². The Labute approximate surface area is 143 Å². The van der Waals surface area contributed by atoms with Crippen molar-refractivity contribution in [3.05, 3.63) is 41.5 Å². The molecule has 0 bridgehead atoms. The molecule has 1 atom stereocenters. The number of nitrogens with zero attached hydrogens (tertiary/aromatic N) is 3. The Bertz CT molecular complexity index is 574. The van der Waals surface area contributed by atoms with Crippen LogP contribution in [0.15, 0.2) is 28.8 Å². The van der Waals surface area contributed by atoms with Gasteiger partial charge in [0.1, 0.15) is 5.75 Å². The van der Waals surface area contributed by atoms with Gasteiger partial charge >= 0.3 is 0 Å². The quantitative estimate of drug-likeness (QED) is 0.795. The van der Waals surface area contributed by atoms with E-state index in [1.165, 1.54) is 5.56 Å². The average molecular weight is 341 g/mol. The van der Waals surface area contributed by atoms with Crippen molar-refractivity contribution >= 4 is 12.4 Å². The number of ether oxygens (including phenoxy) is 1. The first-order valence-corrected chi connectivity index (χ1v) is 7.54. The maximum atomic E-state index is 5.49. The minimum atomic E-state index is 0. The number of nitrogens with two attached hydrogens (primary N) is 1. The molecule has 0 radical (unpaired) electrons. The second-order valence-corrected chi connectivity index (χ2v) is 5.27. The molecule has 0 aliphatic carbocycles. The summed E-state index contributed by atoms with van der Waals surface area (Å²) < 4.78 is 10.2. The molecule has 0 saturated heterocycles. The molecule has 23 heavy (non-hydrogen) atoms. The van der Waals surface area contributed by atoms with Gasteiger partial charge in [-0.15, -0.1) is 12.4 Å². The third-order valence-corrected chi connectivity index (χ3v) is 3.75. The molecule has 1 aromatic carbocycles. The van der Waals surface area contributed by atoms with E-state index >= 15 is 0 Å². The van der Waals surface area contributed by atoms with Crippen molar-refractivity contribution in [1.29, 1.82) is 0 Å². The van der Waals surface area contributed by atoms with Crippen LogP contribution in [-0.4, -0.2) is 34.7 Å². The van der Waals surface area contributed by atoms with Crippen LogP contribution in [-0.2, 0) is 19.5 Å². The molecule has 2 aromatic rings. The largest absolute Gasteiger partial charge is 0.497 e. The second kappa shape index (κ2) is 9.50. The van der Waals surface area contributed by atoms with Crippen molar-refractivity contribution in [3.63, 3.8) is 0 Å². The Balaban J connectivity index is 0.00000264. The zero-order valence-corrected chi connectivity index (χ0v) is 14.7. The fourth-order valence-electron chi connectivity index (χ4n) is 2.43. The van der Waals surface area contributed by atoms with Crippen LogP contribution in [0.4, 0.5) is 0 Å². The monoisotopic (exact) mass is 340 g/mol. The topological polar surface area (TPSA) is 77.4 Å². The summed E-state index contributed by atoms with van der Waals surface area (Å²) >= 11 is 0. The van der Waals surface area contributed by atoms with E-state index < -0.39 is 0 Å². The molecule has 1 heterocycles. The molecule has 1 unspecified atom stereocenters. The molecule has 0 aliphatic heterocycles. The standard InChI is InChI=1S/C16H24N4O2.ClH/c1-4-20(11-15-18-16(10-17)22-19-15)12(2)9-13-5-7-14(21-3)8-6-13;/h5-8,12H,4,9-11,17H2,1-3H3;1H. The molecule has 7 heteroatoms. The van der Waals surface area contributed by atoms with Gasteiger partial charge in [0.25, 0.3) is 0 Å². The van der Waals surface area contributed by atoms with Crippen LogP contribution in [0.2, 0.25) is 0 Å². The first kappa shape index (κ1) is 19.4. The van der Waals surface area contributed by atoms with E-state index in [0.29, 0.717) is 24.3 Å². The molecule has 1 aromatic heterocycles. The van der Waals surface area contributed by atoms with Crippen molar-refractivity contribution in [1.82, 2.24) is 15.0 Å². The van der Waals surface area contributed by atoms with Gasteiger partial charge in [0.15, 0.2) is 5.82 Å². The number of methoxy groups -OCH3 is 1. The van der Waals surface area contributed by atoms with Crippen LogP contribution < -0.4 is 10.5 Å². The Morgan fingerprint density at radius 2 is 2.00 bits per heavy atom. The van der Waals surface area contributed by atoms with E-state index in [4.69, 9.17) is 15.0 Å². The number of hydrogen-bond acceptors (Lipinski definition) is 6. The fraction of sp³-hybridized carbons (Fsp3) is 0.500. The van der Waals surface area contributed by atoms with Crippen LogP contribution in [0.25, 0.3) is 0 Å². The Hall–Kier alpha value is -1.63. The fourth-order valence-corrected chi connectivity index (χ4v) is 2.43. The van der Waals surface area contributed by atoms with Crippen LogP contribution in [0.5, 0.6) is 5.75 Å². The summed E-state index contributed by atoms with van der Waals surface area (Å²) in [5.41, 5.74) is 6.77. The minimum Gasteiger partial charge on any atom is -0.497 e. The Morgan fingerprint density at radius 1 is 1.30 bits per heavy atom. The lowest BCUT2D eigenvalue weighted by atomic mass is 10.1. The van der Waals surface area contributed by atoms with E-state index in [0.717, 1.165) is 18.7 Å². The summed E-state index contributed by atoms with van der Waals surface area (Å²) in [4.78, 5) is 6.58. The number of halogens is 1. The van der Waals surface area contributed by atoms with Crippen molar-refractivity contribution in [2.45, 2.75) is 39.4 Å². The third-order valence-electron chi connectivity index (χ3n) is 3.75.